The number of amides is 2. The number of halogens is 7. The molecule has 6 rings (SSSR count). The quantitative estimate of drug-likeness (QED) is 0.0740. The SMILES string of the molecule is CC(=O)c1cnc(Oc2ccc(N(C(=O)C3CCC(C)CC3)C(C)C)c(C(=O)O)c2)c(C(F)(F)F)c1.CC1CCC(C(=O)N(c2ccc(Oc3ncc(I)cc3C(F)(F)F)cc2C(=O)O)C(C)C)CC1. The van der Waals surface area contributed by atoms with Crippen molar-refractivity contribution in [2.75, 3.05) is 9.80 Å². The highest BCUT2D eigenvalue weighted by atomic mass is 127. The Morgan fingerprint density at radius 2 is 0.986 bits per heavy atom. The Bertz CT molecular complexity index is 2570. The topological polar surface area (TPSA) is 177 Å². The lowest BCUT2D eigenvalue weighted by molar-refractivity contribution is -0.139. The summed E-state index contributed by atoms with van der Waals surface area (Å²) in [7, 11) is 0. The van der Waals surface area contributed by atoms with Crippen LogP contribution < -0.4 is 19.3 Å². The predicted octanol–water partition coefficient (Wildman–Crippen LogP) is 13.1. The van der Waals surface area contributed by atoms with Crippen LogP contribution in [0.4, 0.5) is 37.7 Å². The van der Waals surface area contributed by atoms with E-state index in [1.54, 1.807) is 50.3 Å². The van der Waals surface area contributed by atoms with Gasteiger partial charge in [-0.15, -0.1) is 0 Å². The Labute approximate surface area is 415 Å². The molecule has 4 aromatic rings. The summed E-state index contributed by atoms with van der Waals surface area (Å²) in [6.45, 7) is 12.5. The first-order valence-electron chi connectivity index (χ1n) is 22.7. The minimum absolute atomic E-state index is 0.122. The normalized spacial score (nSPS) is 18.3. The summed E-state index contributed by atoms with van der Waals surface area (Å²) >= 11 is 1.72. The van der Waals surface area contributed by atoms with Crippen molar-refractivity contribution in [3.05, 3.63) is 92.3 Å². The summed E-state index contributed by atoms with van der Waals surface area (Å²) in [5, 5.41) is 19.7. The van der Waals surface area contributed by atoms with Gasteiger partial charge in [0.15, 0.2) is 5.78 Å². The summed E-state index contributed by atoms with van der Waals surface area (Å²) in [6, 6.07) is 8.50. The number of carboxylic acids is 2. The van der Waals surface area contributed by atoms with Crippen molar-refractivity contribution < 1.29 is 70.0 Å². The third-order valence-corrected chi connectivity index (χ3v) is 12.9. The van der Waals surface area contributed by atoms with Crippen LogP contribution in [0, 0.1) is 27.2 Å². The fourth-order valence-electron chi connectivity index (χ4n) is 8.49. The maximum Gasteiger partial charge on any atom is 0.421 e. The van der Waals surface area contributed by atoms with Gasteiger partial charge >= 0.3 is 24.3 Å². The van der Waals surface area contributed by atoms with Crippen LogP contribution in [0.15, 0.2) is 60.9 Å². The number of pyridine rings is 2. The number of anilines is 2. The van der Waals surface area contributed by atoms with E-state index < -0.39 is 53.0 Å². The van der Waals surface area contributed by atoms with E-state index in [4.69, 9.17) is 9.47 Å². The summed E-state index contributed by atoms with van der Waals surface area (Å²) in [4.78, 5) is 72.7. The highest BCUT2D eigenvalue weighted by Crippen LogP contribution is 2.41. The molecule has 0 saturated heterocycles. The van der Waals surface area contributed by atoms with E-state index in [1.165, 1.54) is 40.3 Å². The fourth-order valence-corrected chi connectivity index (χ4v) is 8.94. The van der Waals surface area contributed by atoms with Crippen LogP contribution in [0.2, 0.25) is 0 Å². The minimum Gasteiger partial charge on any atom is -0.478 e. The average molecular weight is 1100 g/mol. The molecular weight excluding hydrogens is 1040 g/mol. The first kappa shape index (κ1) is 55.1. The molecule has 13 nitrogen and oxygen atoms in total. The van der Waals surface area contributed by atoms with E-state index in [9.17, 15) is 60.5 Å². The molecule has 2 N–H and O–H groups in total. The van der Waals surface area contributed by atoms with Crippen LogP contribution in [-0.4, -0.2) is 61.8 Å². The largest absolute Gasteiger partial charge is 0.478 e. The maximum absolute atomic E-state index is 13.6. The summed E-state index contributed by atoms with van der Waals surface area (Å²) in [6.07, 6.45) is -0.752. The molecule has 2 aromatic heterocycles. The molecule has 0 unspecified atom stereocenters. The summed E-state index contributed by atoms with van der Waals surface area (Å²) < 4.78 is 92.0. The van der Waals surface area contributed by atoms with E-state index in [2.05, 4.69) is 23.8 Å². The van der Waals surface area contributed by atoms with E-state index in [0.717, 1.165) is 82.7 Å². The molecule has 20 heteroatoms. The Kier molecular flexibility index (Phi) is 18.1. The van der Waals surface area contributed by atoms with Gasteiger partial charge in [-0.05, 0) is 169 Å². The van der Waals surface area contributed by atoms with Gasteiger partial charge in [0, 0.05) is 45.4 Å². The molecule has 378 valence electrons. The van der Waals surface area contributed by atoms with Gasteiger partial charge in [0.25, 0.3) is 0 Å². The lowest BCUT2D eigenvalue weighted by atomic mass is 9.82. The maximum atomic E-state index is 13.6. The number of benzene rings is 2. The smallest absolute Gasteiger partial charge is 0.421 e. The lowest BCUT2D eigenvalue weighted by Gasteiger charge is -2.34. The fraction of sp³-hybridized carbons (Fsp3) is 0.460. The minimum atomic E-state index is -4.86. The average Bonchev–Trinajstić information content (AvgIpc) is 3.27. The highest BCUT2D eigenvalue weighted by Gasteiger charge is 2.39. The van der Waals surface area contributed by atoms with E-state index in [0.29, 0.717) is 17.9 Å². The number of hydrogen-bond acceptors (Lipinski definition) is 9. The zero-order chi connectivity index (χ0) is 52.0. The molecule has 70 heavy (non-hydrogen) atoms. The summed E-state index contributed by atoms with van der Waals surface area (Å²) in [5.74, 6) is -4.73. The number of aromatic nitrogens is 2. The van der Waals surface area contributed by atoms with Gasteiger partial charge in [0.2, 0.25) is 23.6 Å². The Morgan fingerprint density at radius 1 is 0.614 bits per heavy atom. The molecule has 2 fully saturated rings. The van der Waals surface area contributed by atoms with Crippen LogP contribution in [-0.2, 0) is 21.9 Å². The molecule has 0 radical (unpaired) electrons. The number of ether oxygens (including phenoxy) is 2. The Hall–Kier alpha value is -5.80. The van der Waals surface area contributed by atoms with E-state index in [-0.39, 0.29) is 78.9 Å². The molecule has 0 bridgehead atoms. The van der Waals surface area contributed by atoms with Crippen LogP contribution in [0.25, 0.3) is 0 Å². The van der Waals surface area contributed by atoms with Gasteiger partial charge in [-0.3, -0.25) is 14.4 Å². The lowest BCUT2D eigenvalue weighted by Crippen LogP contribution is -2.42. The number of carbonyl (C=O) groups is 5. The number of Topliss-reactive ketones (excluding diaryl/α,β-unsaturated/α-hetero) is 1. The van der Waals surface area contributed by atoms with Crippen molar-refractivity contribution in [2.45, 2.75) is 124 Å². The molecule has 0 aliphatic heterocycles. The van der Waals surface area contributed by atoms with E-state index >= 15 is 0 Å². The number of aromatic carboxylic acids is 2. The first-order valence-corrected chi connectivity index (χ1v) is 23.8. The molecule has 2 aliphatic carbocycles. The second kappa shape index (κ2) is 23.0. The van der Waals surface area contributed by atoms with Crippen molar-refractivity contribution in [2.24, 2.45) is 23.7 Å². The molecule has 2 aromatic carbocycles. The molecule has 0 atom stereocenters. The molecular formula is C50H55F6IN4O9. The zero-order valence-corrected chi connectivity index (χ0v) is 41.7. The van der Waals surface area contributed by atoms with Crippen LogP contribution in [0.3, 0.4) is 0 Å². The number of carboxylic acid groups (broad SMARTS) is 2. The number of ketones is 1. The predicted molar refractivity (Wildman–Crippen MR) is 256 cm³/mol. The zero-order valence-electron chi connectivity index (χ0n) is 39.6. The van der Waals surface area contributed by atoms with Crippen molar-refractivity contribution in [3.8, 4) is 23.3 Å². The first-order chi connectivity index (χ1) is 32.7. The second-order valence-electron chi connectivity index (χ2n) is 18.3. The van der Waals surface area contributed by atoms with Crippen molar-refractivity contribution >= 4 is 63.5 Å². The Morgan fingerprint density at radius 3 is 1.33 bits per heavy atom. The van der Waals surface area contributed by atoms with E-state index in [1.807, 2.05) is 0 Å². The molecule has 0 spiro atoms. The van der Waals surface area contributed by atoms with Gasteiger partial charge in [0.1, 0.15) is 22.6 Å². The van der Waals surface area contributed by atoms with Crippen LogP contribution in [0.5, 0.6) is 23.3 Å². The van der Waals surface area contributed by atoms with Crippen LogP contribution in [0.1, 0.15) is 142 Å². The molecule has 2 heterocycles. The highest BCUT2D eigenvalue weighted by molar-refractivity contribution is 14.1. The number of rotatable bonds is 13. The van der Waals surface area contributed by atoms with Gasteiger partial charge in [-0.2, -0.15) is 26.3 Å². The number of nitrogens with zero attached hydrogens (tertiary/aromatic N) is 4. The number of alkyl halides is 6. The van der Waals surface area contributed by atoms with Gasteiger partial charge < -0.3 is 29.5 Å². The van der Waals surface area contributed by atoms with Crippen molar-refractivity contribution in [1.82, 2.24) is 9.97 Å². The third kappa shape index (κ3) is 13.7. The monoisotopic (exact) mass is 1100 g/mol. The third-order valence-electron chi connectivity index (χ3n) is 12.3. The van der Waals surface area contributed by atoms with Gasteiger partial charge in [-0.1, -0.05) is 13.8 Å². The molecule has 2 amide bonds. The standard InChI is InChI=1S/C26H29F3N2O5.C24H26F3IN2O4/c1-14(2)31(24(33)17-7-5-15(3)6-8-17)22-10-9-19(12-20(22)25(34)35)36-23-21(26(27,28)29)11-18(13-30-23)16(4)32;1-13(2)30(22(31)15-6-4-14(3)5-7-15)20-9-8-17(11-18(20)23(32)33)34-21-19(24(25,26)27)10-16(28)12-29-21/h9-15,17H,5-8H2,1-4H3,(H,34,35);8-15H,4-7H2,1-3H3,(H,32,33). The summed E-state index contributed by atoms with van der Waals surface area (Å²) in [5.41, 5.74) is -2.75. The van der Waals surface area contributed by atoms with Crippen LogP contribution >= 0.6 is 22.6 Å². The molecule has 2 saturated carbocycles. The Balaban J connectivity index is 0.000000261. The second-order valence-corrected chi connectivity index (χ2v) is 19.6. The van der Waals surface area contributed by atoms with Crippen molar-refractivity contribution in [3.63, 3.8) is 0 Å². The van der Waals surface area contributed by atoms with Gasteiger partial charge in [0.05, 0.1) is 22.5 Å². The number of hydrogen-bond donors (Lipinski definition) is 2. The van der Waals surface area contributed by atoms with Gasteiger partial charge in [-0.25, -0.2) is 19.6 Å². The molecule has 2 aliphatic rings. The number of carbonyl (C=O) groups excluding carboxylic acids is 3. The van der Waals surface area contributed by atoms with Crippen molar-refractivity contribution in [1.29, 1.82) is 0 Å².